The Kier molecular flexibility index (Phi) is 4.64. The molecule has 0 spiro atoms. The molecule has 1 amide bonds. The molecule has 3 rings (SSSR count). The van der Waals surface area contributed by atoms with E-state index in [-0.39, 0.29) is 18.4 Å². The molecular formula is C17H24N2O3. The van der Waals surface area contributed by atoms with Gasteiger partial charge in [0.05, 0.1) is 13.7 Å². The quantitative estimate of drug-likeness (QED) is 0.879. The van der Waals surface area contributed by atoms with Gasteiger partial charge in [0.15, 0.2) is 0 Å². The second-order valence-electron chi connectivity index (χ2n) is 6.08. The summed E-state index contributed by atoms with van der Waals surface area (Å²) in [6.07, 6.45) is 0.927. The summed E-state index contributed by atoms with van der Waals surface area (Å²) in [7, 11) is 1.68. The van der Waals surface area contributed by atoms with E-state index in [4.69, 9.17) is 9.84 Å². The fraction of sp³-hybridized carbons (Fsp3) is 0.588. The predicted octanol–water partition coefficient (Wildman–Crippen LogP) is 0.935. The molecule has 1 saturated carbocycles. The second-order valence-corrected chi connectivity index (χ2v) is 6.08. The lowest BCUT2D eigenvalue weighted by Gasteiger charge is -2.34. The zero-order valence-electron chi connectivity index (χ0n) is 13.1. The zero-order chi connectivity index (χ0) is 15.5. The van der Waals surface area contributed by atoms with Crippen molar-refractivity contribution in [1.29, 1.82) is 0 Å². The molecule has 0 bridgehead atoms. The number of amides is 1. The molecule has 1 heterocycles. The van der Waals surface area contributed by atoms with Crippen LogP contribution in [0.2, 0.25) is 0 Å². The molecule has 0 radical (unpaired) electrons. The summed E-state index contributed by atoms with van der Waals surface area (Å²) in [6.45, 7) is 4.15. The van der Waals surface area contributed by atoms with Gasteiger partial charge >= 0.3 is 0 Å². The molecule has 1 N–H and O–H groups in total. The molecule has 1 aromatic rings. The first kappa shape index (κ1) is 15.3. The first-order valence-corrected chi connectivity index (χ1v) is 7.99. The number of hydrogen-bond acceptors (Lipinski definition) is 4. The van der Waals surface area contributed by atoms with Crippen molar-refractivity contribution in [3.8, 4) is 5.75 Å². The third kappa shape index (κ3) is 3.10. The van der Waals surface area contributed by atoms with Crippen LogP contribution in [0.5, 0.6) is 5.75 Å². The Bertz CT molecular complexity index is 526. The van der Waals surface area contributed by atoms with Crippen LogP contribution in [0.4, 0.5) is 0 Å². The van der Waals surface area contributed by atoms with E-state index in [1.54, 1.807) is 7.11 Å². The Balaban J connectivity index is 1.57. The lowest BCUT2D eigenvalue weighted by Crippen LogP contribution is -2.49. The van der Waals surface area contributed by atoms with Crippen molar-refractivity contribution >= 4 is 5.91 Å². The average Bonchev–Trinajstić information content (AvgIpc) is 3.35. The summed E-state index contributed by atoms with van der Waals surface area (Å²) in [6, 6.07) is 7.99. The molecule has 1 aliphatic heterocycles. The third-order valence-corrected chi connectivity index (χ3v) is 4.75. The van der Waals surface area contributed by atoms with Crippen molar-refractivity contribution in [2.45, 2.75) is 12.3 Å². The van der Waals surface area contributed by atoms with Gasteiger partial charge in [0.25, 0.3) is 0 Å². The first-order valence-electron chi connectivity index (χ1n) is 7.99. The number of β-amino-alcohol motifs (C(OH)–C–C–N with tert-alkyl or cyclic N) is 1. The van der Waals surface area contributed by atoms with Crippen LogP contribution >= 0.6 is 0 Å². The fourth-order valence-electron chi connectivity index (χ4n) is 3.35. The number of hydrogen-bond donors (Lipinski definition) is 1. The Hall–Kier alpha value is -1.59. The lowest BCUT2D eigenvalue weighted by atomic mass is 10.1. The van der Waals surface area contributed by atoms with Gasteiger partial charge in [-0.2, -0.15) is 0 Å². The number of aliphatic hydroxyl groups is 1. The molecule has 2 aliphatic rings. The summed E-state index contributed by atoms with van der Waals surface area (Å²) in [4.78, 5) is 16.8. The lowest BCUT2D eigenvalue weighted by molar-refractivity contribution is -0.134. The second kappa shape index (κ2) is 6.67. The van der Waals surface area contributed by atoms with Crippen LogP contribution in [0.1, 0.15) is 17.9 Å². The van der Waals surface area contributed by atoms with Crippen molar-refractivity contribution in [2.24, 2.45) is 5.92 Å². The number of carbonyl (C=O) groups is 1. The molecule has 2 atom stereocenters. The summed E-state index contributed by atoms with van der Waals surface area (Å²) in [5, 5.41) is 8.97. The number of para-hydroxylation sites is 1. The number of benzene rings is 1. The summed E-state index contributed by atoms with van der Waals surface area (Å²) in [5.41, 5.74) is 1.15. The van der Waals surface area contributed by atoms with E-state index in [2.05, 4.69) is 11.0 Å². The highest BCUT2D eigenvalue weighted by Crippen LogP contribution is 2.51. The number of aliphatic hydroxyl groups excluding tert-OH is 1. The number of ether oxygens (including phenoxy) is 1. The van der Waals surface area contributed by atoms with E-state index in [1.807, 2.05) is 23.1 Å². The topological polar surface area (TPSA) is 53.0 Å². The van der Waals surface area contributed by atoms with Gasteiger partial charge < -0.3 is 14.7 Å². The van der Waals surface area contributed by atoms with Crippen LogP contribution < -0.4 is 4.74 Å². The smallest absolute Gasteiger partial charge is 0.226 e. The van der Waals surface area contributed by atoms with E-state index in [9.17, 15) is 4.79 Å². The van der Waals surface area contributed by atoms with Gasteiger partial charge in [-0.05, 0) is 24.0 Å². The van der Waals surface area contributed by atoms with Crippen LogP contribution in [0.3, 0.4) is 0 Å². The van der Waals surface area contributed by atoms with E-state index in [1.165, 1.54) is 0 Å². The Morgan fingerprint density at radius 2 is 2.00 bits per heavy atom. The van der Waals surface area contributed by atoms with Gasteiger partial charge in [-0.25, -0.2) is 0 Å². The van der Waals surface area contributed by atoms with Crippen LogP contribution in [0.25, 0.3) is 0 Å². The largest absolute Gasteiger partial charge is 0.496 e. The van der Waals surface area contributed by atoms with Gasteiger partial charge in [0.1, 0.15) is 5.75 Å². The number of rotatable bonds is 5. The number of methoxy groups -OCH3 is 1. The monoisotopic (exact) mass is 304 g/mol. The number of carbonyl (C=O) groups excluding carboxylic acids is 1. The van der Waals surface area contributed by atoms with Crippen LogP contribution in [-0.2, 0) is 4.79 Å². The third-order valence-electron chi connectivity index (χ3n) is 4.75. The minimum Gasteiger partial charge on any atom is -0.496 e. The van der Waals surface area contributed by atoms with E-state index in [0.717, 1.165) is 43.9 Å². The minimum absolute atomic E-state index is 0.112. The molecule has 120 valence electrons. The molecule has 0 unspecified atom stereocenters. The normalized spacial score (nSPS) is 25.1. The molecule has 1 aromatic carbocycles. The molecule has 1 aliphatic carbocycles. The van der Waals surface area contributed by atoms with Crippen molar-refractivity contribution in [2.75, 3.05) is 46.4 Å². The van der Waals surface area contributed by atoms with Crippen molar-refractivity contribution in [1.82, 2.24) is 9.80 Å². The van der Waals surface area contributed by atoms with Crippen molar-refractivity contribution in [3.63, 3.8) is 0 Å². The van der Waals surface area contributed by atoms with E-state index in [0.29, 0.717) is 12.5 Å². The average molecular weight is 304 g/mol. The molecule has 0 aromatic heterocycles. The summed E-state index contributed by atoms with van der Waals surface area (Å²) in [5.74, 6) is 1.58. The fourth-order valence-corrected chi connectivity index (χ4v) is 3.35. The van der Waals surface area contributed by atoms with Gasteiger partial charge in [-0.15, -0.1) is 0 Å². The van der Waals surface area contributed by atoms with Gasteiger partial charge in [-0.3, -0.25) is 9.69 Å². The van der Waals surface area contributed by atoms with Crippen molar-refractivity contribution in [3.05, 3.63) is 29.8 Å². The van der Waals surface area contributed by atoms with Crippen LogP contribution in [-0.4, -0.2) is 67.3 Å². The Labute approximate surface area is 131 Å². The van der Waals surface area contributed by atoms with E-state index >= 15 is 0 Å². The highest BCUT2D eigenvalue weighted by Gasteiger charge is 2.47. The molecular weight excluding hydrogens is 280 g/mol. The van der Waals surface area contributed by atoms with E-state index < -0.39 is 0 Å². The molecule has 22 heavy (non-hydrogen) atoms. The maximum Gasteiger partial charge on any atom is 0.226 e. The summed E-state index contributed by atoms with van der Waals surface area (Å²) >= 11 is 0. The molecule has 5 nitrogen and oxygen atoms in total. The molecule has 5 heteroatoms. The zero-order valence-corrected chi connectivity index (χ0v) is 13.1. The molecule has 1 saturated heterocycles. The highest BCUT2D eigenvalue weighted by molar-refractivity contribution is 5.83. The maximum atomic E-state index is 12.6. The highest BCUT2D eigenvalue weighted by atomic mass is 16.5. The Morgan fingerprint density at radius 1 is 1.27 bits per heavy atom. The van der Waals surface area contributed by atoms with Crippen molar-refractivity contribution < 1.29 is 14.6 Å². The Morgan fingerprint density at radius 3 is 2.68 bits per heavy atom. The number of piperazine rings is 1. The first-order chi connectivity index (χ1) is 10.7. The van der Waals surface area contributed by atoms with Gasteiger partial charge in [-0.1, -0.05) is 18.2 Å². The number of nitrogens with zero attached hydrogens (tertiary/aromatic N) is 2. The van der Waals surface area contributed by atoms with Gasteiger partial charge in [0.2, 0.25) is 5.91 Å². The van der Waals surface area contributed by atoms with Gasteiger partial charge in [0, 0.05) is 38.6 Å². The maximum absolute atomic E-state index is 12.6. The predicted molar refractivity (Wildman–Crippen MR) is 83.9 cm³/mol. The SMILES string of the molecule is COc1ccccc1[C@H]1C[C@H]1C(=O)N1CCN(CCO)CC1. The summed E-state index contributed by atoms with van der Waals surface area (Å²) < 4.78 is 5.41. The van der Waals surface area contributed by atoms with Crippen LogP contribution in [0, 0.1) is 5.92 Å². The van der Waals surface area contributed by atoms with Crippen LogP contribution in [0.15, 0.2) is 24.3 Å². The minimum atomic E-state index is 0.112. The standard InChI is InChI=1S/C17H24N2O3/c1-22-16-5-3-2-4-13(16)14-12-15(14)17(21)19-8-6-18(7-9-19)10-11-20/h2-5,14-15,20H,6-12H2,1H3/t14-,15-/m1/s1. The molecule has 2 fully saturated rings.